The predicted molar refractivity (Wildman–Crippen MR) is 68.2 cm³/mol. The zero-order valence-electron chi connectivity index (χ0n) is 10.6. The Morgan fingerprint density at radius 2 is 2.06 bits per heavy atom. The van der Waals surface area contributed by atoms with Gasteiger partial charge in [-0.05, 0) is 43.4 Å². The van der Waals surface area contributed by atoms with Crippen LogP contribution in [0.25, 0.3) is 0 Å². The van der Waals surface area contributed by atoms with Gasteiger partial charge < -0.3 is 10.6 Å². The van der Waals surface area contributed by atoms with Gasteiger partial charge in [-0.15, -0.1) is 0 Å². The summed E-state index contributed by atoms with van der Waals surface area (Å²) < 4.78 is 12.8. The molecule has 0 spiro atoms. The fourth-order valence-electron chi connectivity index (χ4n) is 1.94. The van der Waals surface area contributed by atoms with Gasteiger partial charge >= 0.3 is 0 Å². The molecular weight excluding hydrogens is 231 g/mol. The number of nitrogens with two attached hydrogens (primary N) is 1. The van der Waals surface area contributed by atoms with E-state index in [1.807, 2.05) is 0 Å². The highest BCUT2D eigenvalue weighted by Crippen LogP contribution is 2.30. The van der Waals surface area contributed by atoms with Gasteiger partial charge in [-0.2, -0.15) is 0 Å². The fourth-order valence-corrected chi connectivity index (χ4v) is 1.94. The van der Waals surface area contributed by atoms with E-state index in [1.165, 1.54) is 25.0 Å². The van der Waals surface area contributed by atoms with E-state index >= 15 is 0 Å². The maximum atomic E-state index is 12.8. The van der Waals surface area contributed by atoms with Crippen LogP contribution >= 0.6 is 0 Å². The summed E-state index contributed by atoms with van der Waals surface area (Å²) in [6, 6.07) is 5.78. The summed E-state index contributed by atoms with van der Waals surface area (Å²) in [7, 11) is 0. The van der Waals surface area contributed by atoms with E-state index in [2.05, 4.69) is 0 Å². The third-order valence-corrected chi connectivity index (χ3v) is 3.16. The van der Waals surface area contributed by atoms with Crippen molar-refractivity contribution < 1.29 is 9.18 Å². The van der Waals surface area contributed by atoms with E-state index in [1.54, 1.807) is 24.0 Å². The molecule has 18 heavy (non-hydrogen) atoms. The summed E-state index contributed by atoms with van der Waals surface area (Å²) in [4.78, 5) is 13.8. The molecule has 0 bridgehead atoms. The molecule has 0 aliphatic heterocycles. The van der Waals surface area contributed by atoms with Crippen LogP contribution in [0.15, 0.2) is 24.3 Å². The van der Waals surface area contributed by atoms with Crippen molar-refractivity contribution in [3.63, 3.8) is 0 Å². The van der Waals surface area contributed by atoms with Crippen LogP contribution in [-0.4, -0.2) is 23.4 Å². The highest BCUT2D eigenvalue weighted by atomic mass is 19.1. The first-order chi connectivity index (χ1) is 8.56. The highest BCUT2D eigenvalue weighted by Gasteiger charge is 2.27. The van der Waals surface area contributed by atoms with Gasteiger partial charge in [-0.1, -0.05) is 12.1 Å². The van der Waals surface area contributed by atoms with Crippen LogP contribution in [0, 0.1) is 11.7 Å². The minimum absolute atomic E-state index is 0.0359. The van der Waals surface area contributed by atoms with Crippen molar-refractivity contribution in [3.8, 4) is 0 Å². The van der Waals surface area contributed by atoms with Crippen molar-refractivity contribution in [2.75, 3.05) is 6.54 Å². The lowest BCUT2D eigenvalue weighted by atomic mass is 10.2. The molecule has 0 heterocycles. The summed E-state index contributed by atoms with van der Waals surface area (Å²) in [6.07, 6.45) is 2.37. The van der Waals surface area contributed by atoms with Crippen LogP contribution in [-0.2, 0) is 11.3 Å². The van der Waals surface area contributed by atoms with Gasteiger partial charge in [0.2, 0.25) is 5.91 Å². The summed E-state index contributed by atoms with van der Waals surface area (Å²) >= 11 is 0. The Bertz CT molecular complexity index is 412. The molecule has 1 aliphatic rings. The Morgan fingerprint density at radius 1 is 1.44 bits per heavy atom. The van der Waals surface area contributed by atoms with E-state index in [-0.39, 0.29) is 11.7 Å². The van der Waals surface area contributed by atoms with E-state index in [0.717, 1.165) is 12.1 Å². The third-order valence-electron chi connectivity index (χ3n) is 3.16. The van der Waals surface area contributed by atoms with Crippen LogP contribution in [0.3, 0.4) is 0 Å². The van der Waals surface area contributed by atoms with Gasteiger partial charge in [0.25, 0.3) is 0 Å². The average Bonchev–Trinajstić information content (AvgIpc) is 3.14. The highest BCUT2D eigenvalue weighted by molar-refractivity contribution is 5.81. The second-order valence-corrected chi connectivity index (χ2v) is 5.08. The lowest BCUT2D eigenvalue weighted by Gasteiger charge is -2.24. The Balaban J connectivity index is 2.03. The van der Waals surface area contributed by atoms with Crippen LogP contribution in [0.1, 0.15) is 25.3 Å². The molecule has 1 amide bonds. The quantitative estimate of drug-likeness (QED) is 0.867. The van der Waals surface area contributed by atoms with Gasteiger partial charge in [-0.3, -0.25) is 4.79 Å². The lowest BCUT2D eigenvalue weighted by Crippen LogP contribution is -2.42. The number of hydrogen-bond donors (Lipinski definition) is 1. The van der Waals surface area contributed by atoms with Crippen LogP contribution in [0.2, 0.25) is 0 Å². The van der Waals surface area contributed by atoms with Crippen molar-refractivity contribution in [2.45, 2.75) is 32.4 Å². The first kappa shape index (κ1) is 13.0. The zero-order chi connectivity index (χ0) is 13.1. The Labute approximate surface area is 107 Å². The summed E-state index contributed by atoms with van der Waals surface area (Å²) in [5, 5.41) is 0. The molecular formula is C14H19FN2O. The van der Waals surface area contributed by atoms with Crippen molar-refractivity contribution in [1.29, 1.82) is 0 Å². The van der Waals surface area contributed by atoms with Crippen molar-refractivity contribution in [2.24, 2.45) is 11.7 Å². The van der Waals surface area contributed by atoms with Gasteiger partial charge in [0.1, 0.15) is 5.82 Å². The average molecular weight is 250 g/mol. The number of halogens is 1. The maximum Gasteiger partial charge on any atom is 0.239 e. The monoisotopic (exact) mass is 250 g/mol. The SMILES string of the molecule is C[C@@H](N)C(=O)N(Cc1ccc(F)cc1)CC1CC1. The number of carbonyl (C=O) groups is 1. The van der Waals surface area contributed by atoms with Crippen LogP contribution in [0.5, 0.6) is 0 Å². The Morgan fingerprint density at radius 3 is 2.56 bits per heavy atom. The van der Waals surface area contributed by atoms with Gasteiger partial charge in [0.05, 0.1) is 6.04 Å². The van der Waals surface area contributed by atoms with Crippen molar-refractivity contribution in [3.05, 3.63) is 35.6 Å². The molecule has 1 fully saturated rings. The minimum Gasteiger partial charge on any atom is -0.337 e. The van der Waals surface area contributed by atoms with E-state index in [4.69, 9.17) is 5.73 Å². The fraction of sp³-hybridized carbons (Fsp3) is 0.500. The smallest absolute Gasteiger partial charge is 0.239 e. The zero-order valence-corrected chi connectivity index (χ0v) is 10.6. The van der Waals surface area contributed by atoms with Crippen molar-refractivity contribution in [1.82, 2.24) is 4.90 Å². The maximum absolute atomic E-state index is 12.8. The molecule has 3 nitrogen and oxygen atoms in total. The van der Waals surface area contributed by atoms with Gasteiger partial charge in [-0.25, -0.2) is 4.39 Å². The topological polar surface area (TPSA) is 46.3 Å². The number of carbonyl (C=O) groups excluding carboxylic acids is 1. The van der Waals surface area contributed by atoms with E-state index in [0.29, 0.717) is 12.5 Å². The molecule has 0 aromatic heterocycles. The number of rotatable bonds is 5. The van der Waals surface area contributed by atoms with Crippen molar-refractivity contribution >= 4 is 5.91 Å². The molecule has 1 aromatic carbocycles. The molecule has 1 atom stereocenters. The van der Waals surface area contributed by atoms with Crippen LogP contribution in [0.4, 0.5) is 4.39 Å². The molecule has 1 aliphatic carbocycles. The molecule has 0 radical (unpaired) electrons. The molecule has 1 aromatic rings. The first-order valence-electron chi connectivity index (χ1n) is 6.35. The molecule has 1 saturated carbocycles. The molecule has 0 saturated heterocycles. The molecule has 2 N–H and O–H groups in total. The first-order valence-corrected chi connectivity index (χ1v) is 6.35. The number of nitrogens with zero attached hydrogens (tertiary/aromatic N) is 1. The van der Waals surface area contributed by atoms with E-state index in [9.17, 15) is 9.18 Å². The van der Waals surface area contributed by atoms with Crippen LogP contribution < -0.4 is 5.73 Å². The predicted octanol–water partition coefficient (Wildman–Crippen LogP) is 1.91. The summed E-state index contributed by atoms with van der Waals surface area (Å²) in [6.45, 7) is 2.97. The molecule has 0 unspecified atom stereocenters. The normalized spacial score (nSPS) is 16.4. The second kappa shape index (κ2) is 5.48. The van der Waals surface area contributed by atoms with Gasteiger partial charge in [0.15, 0.2) is 0 Å². The Hall–Kier alpha value is -1.42. The Kier molecular flexibility index (Phi) is 3.97. The van der Waals surface area contributed by atoms with E-state index < -0.39 is 6.04 Å². The number of benzene rings is 1. The molecule has 4 heteroatoms. The largest absolute Gasteiger partial charge is 0.337 e. The minimum atomic E-state index is -0.482. The molecule has 2 rings (SSSR count). The molecule has 98 valence electrons. The second-order valence-electron chi connectivity index (χ2n) is 5.08. The van der Waals surface area contributed by atoms with Gasteiger partial charge in [0, 0.05) is 13.1 Å². The summed E-state index contributed by atoms with van der Waals surface area (Å²) in [5.41, 5.74) is 6.60. The standard InChI is InChI=1S/C14H19FN2O/c1-10(16)14(18)17(8-11-2-3-11)9-12-4-6-13(15)7-5-12/h4-7,10-11H,2-3,8-9,16H2,1H3/t10-/m1/s1. The summed E-state index contributed by atoms with van der Waals surface area (Å²) in [5.74, 6) is 0.324. The number of amides is 1. The lowest BCUT2D eigenvalue weighted by molar-refractivity contribution is -0.133. The third kappa shape index (κ3) is 3.53. The number of hydrogen-bond acceptors (Lipinski definition) is 2.